The highest BCUT2D eigenvalue weighted by Crippen LogP contribution is 2.17. The quantitative estimate of drug-likeness (QED) is 0.855. The topological polar surface area (TPSA) is 41.3 Å². The number of aliphatic hydroxyl groups is 1. The molecule has 0 saturated heterocycles. The summed E-state index contributed by atoms with van der Waals surface area (Å²) >= 11 is 0. The smallest absolute Gasteiger partial charge is 0.0664 e. The van der Waals surface area contributed by atoms with E-state index >= 15 is 0 Å². The fourth-order valence-electron chi connectivity index (χ4n) is 2.72. The molecule has 1 atom stereocenters. The SMILES string of the molecule is CCC(O)CN(Cc1ccccc1)Cc1c(C)nn(C)c1C. The van der Waals surface area contributed by atoms with Crippen LogP contribution in [-0.4, -0.2) is 32.4 Å². The van der Waals surface area contributed by atoms with Crippen molar-refractivity contribution < 1.29 is 5.11 Å². The number of aliphatic hydroxyl groups excluding tert-OH is 1. The van der Waals surface area contributed by atoms with Crippen LogP contribution < -0.4 is 0 Å². The molecule has 0 radical (unpaired) electrons. The minimum atomic E-state index is -0.291. The zero-order valence-electron chi connectivity index (χ0n) is 14.1. The van der Waals surface area contributed by atoms with Crippen LogP contribution in [0.15, 0.2) is 30.3 Å². The summed E-state index contributed by atoms with van der Waals surface area (Å²) in [7, 11) is 1.98. The highest BCUT2D eigenvalue weighted by atomic mass is 16.3. The second-order valence-electron chi connectivity index (χ2n) is 5.99. The largest absolute Gasteiger partial charge is 0.392 e. The van der Waals surface area contributed by atoms with Gasteiger partial charge >= 0.3 is 0 Å². The highest BCUT2D eigenvalue weighted by Gasteiger charge is 2.16. The summed E-state index contributed by atoms with van der Waals surface area (Å²) < 4.78 is 1.93. The van der Waals surface area contributed by atoms with Crippen molar-refractivity contribution in [1.82, 2.24) is 14.7 Å². The molecule has 1 N–H and O–H groups in total. The van der Waals surface area contributed by atoms with Gasteiger partial charge in [0.1, 0.15) is 0 Å². The Balaban J connectivity index is 2.17. The molecule has 0 aliphatic carbocycles. The maximum absolute atomic E-state index is 10.1. The molecule has 0 spiro atoms. The predicted octanol–water partition coefficient (Wildman–Crippen LogP) is 2.81. The zero-order chi connectivity index (χ0) is 16.1. The number of benzene rings is 1. The molecule has 1 unspecified atom stereocenters. The van der Waals surface area contributed by atoms with Gasteiger partial charge in [-0.25, -0.2) is 0 Å². The van der Waals surface area contributed by atoms with E-state index in [0.717, 1.165) is 25.2 Å². The molecule has 0 fully saturated rings. The normalized spacial score (nSPS) is 12.8. The standard InChI is InChI=1S/C18H27N3O/c1-5-17(22)12-21(11-16-9-7-6-8-10-16)13-18-14(2)19-20(4)15(18)3/h6-10,17,22H,5,11-13H2,1-4H3. The molecule has 2 aromatic rings. The van der Waals surface area contributed by atoms with Crippen molar-refractivity contribution in [2.45, 2.75) is 46.4 Å². The first kappa shape index (κ1) is 16.7. The van der Waals surface area contributed by atoms with Crippen LogP contribution in [0.5, 0.6) is 0 Å². The van der Waals surface area contributed by atoms with Crippen molar-refractivity contribution >= 4 is 0 Å². The van der Waals surface area contributed by atoms with E-state index in [9.17, 15) is 5.11 Å². The predicted molar refractivity (Wildman–Crippen MR) is 89.5 cm³/mol. The van der Waals surface area contributed by atoms with E-state index in [1.54, 1.807) is 0 Å². The summed E-state index contributed by atoms with van der Waals surface area (Å²) in [5, 5.41) is 14.6. The van der Waals surface area contributed by atoms with Crippen molar-refractivity contribution in [3.8, 4) is 0 Å². The number of rotatable bonds is 7. The van der Waals surface area contributed by atoms with E-state index in [-0.39, 0.29) is 6.10 Å². The first-order valence-electron chi connectivity index (χ1n) is 7.94. The van der Waals surface area contributed by atoms with Gasteiger partial charge in [0.25, 0.3) is 0 Å². The van der Waals surface area contributed by atoms with Gasteiger partial charge in [0, 0.05) is 37.9 Å². The number of aromatic nitrogens is 2. The highest BCUT2D eigenvalue weighted by molar-refractivity contribution is 5.24. The molecule has 0 saturated carbocycles. The molecule has 1 aromatic heterocycles. The van der Waals surface area contributed by atoms with E-state index in [0.29, 0.717) is 6.54 Å². The summed E-state index contributed by atoms with van der Waals surface area (Å²) in [6, 6.07) is 10.4. The number of hydrogen-bond acceptors (Lipinski definition) is 3. The van der Waals surface area contributed by atoms with Crippen LogP contribution in [0.25, 0.3) is 0 Å². The monoisotopic (exact) mass is 301 g/mol. The molecule has 0 amide bonds. The lowest BCUT2D eigenvalue weighted by Crippen LogP contribution is -2.31. The molecule has 0 aliphatic rings. The van der Waals surface area contributed by atoms with E-state index < -0.39 is 0 Å². The lowest BCUT2D eigenvalue weighted by atomic mass is 10.1. The van der Waals surface area contributed by atoms with Gasteiger partial charge < -0.3 is 5.11 Å². The second-order valence-corrected chi connectivity index (χ2v) is 5.99. The maximum atomic E-state index is 10.1. The molecule has 4 heteroatoms. The molecular formula is C18H27N3O. The fourth-order valence-corrected chi connectivity index (χ4v) is 2.72. The minimum Gasteiger partial charge on any atom is -0.392 e. The van der Waals surface area contributed by atoms with Gasteiger partial charge in [-0.05, 0) is 25.8 Å². The summed E-state index contributed by atoms with van der Waals surface area (Å²) in [6.45, 7) is 8.51. The van der Waals surface area contributed by atoms with Gasteiger partial charge in [0.05, 0.1) is 11.8 Å². The van der Waals surface area contributed by atoms with Gasteiger partial charge in [-0.1, -0.05) is 37.3 Å². The third-order valence-corrected chi connectivity index (χ3v) is 4.23. The van der Waals surface area contributed by atoms with Crippen molar-refractivity contribution in [2.24, 2.45) is 7.05 Å². The second kappa shape index (κ2) is 7.56. The Morgan fingerprint density at radius 2 is 1.86 bits per heavy atom. The summed E-state index contributed by atoms with van der Waals surface area (Å²) in [6.07, 6.45) is 0.483. The molecule has 0 bridgehead atoms. The van der Waals surface area contributed by atoms with Crippen molar-refractivity contribution in [3.63, 3.8) is 0 Å². The van der Waals surface area contributed by atoms with Crippen molar-refractivity contribution in [3.05, 3.63) is 52.8 Å². The van der Waals surface area contributed by atoms with Crippen LogP contribution >= 0.6 is 0 Å². The Morgan fingerprint density at radius 1 is 1.18 bits per heavy atom. The number of nitrogens with zero attached hydrogens (tertiary/aromatic N) is 3. The maximum Gasteiger partial charge on any atom is 0.0664 e. The Bertz CT molecular complexity index is 592. The van der Waals surface area contributed by atoms with Gasteiger partial charge in [-0.3, -0.25) is 9.58 Å². The van der Waals surface area contributed by atoms with E-state index in [2.05, 4.69) is 48.1 Å². The van der Waals surface area contributed by atoms with Crippen molar-refractivity contribution in [1.29, 1.82) is 0 Å². The lowest BCUT2D eigenvalue weighted by molar-refractivity contribution is 0.101. The Hall–Kier alpha value is -1.65. The number of hydrogen-bond donors (Lipinski definition) is 1. The van der Waals surface area contributed by atoms with Crippen LogP contribution in [-0.2, 0) is 20.1 Å². The average molecular weight is 301 g/mol. The fraction of sp³-hybridized carbons (Fsp3) is 0.500. The summed E-state index contributed by atoms with van der Waals surface area (Å²) in [4.78, 5) is 2.31. The average Bonchev–Trinajstić information content (AvgIpc) is 2.74. The van der Waals surface area contributed by atoms with Crippen molar-refractivity contribution in [2.75, 3.05) is 6.54 Å². The summed E-state index contributed by atoms with van der Waals surface area (Å²) in [5.74, 6) is 0. The summed E-state index contributed by atoms with van der Waals surface area (Å²) in [5.41, 5.74) is 4.80. The van der Waals surface area contributed by atoms with Gasteiger partial charge in [-0.15, -0.1) is 0 Å². The molecular weight excluding hydrogens is 274 g/mol. The number of aryl methyl sites for hydroxylation is 2. The molecule has 0 aliphatic heterocycles. The van der Waals surface area contributed by atoms with Crippen LogP contribution in [0.3, 0.4) is 0 Å². The van der Waals surface area contributed by atoms with Gasteiger partial charge in [0.15, 0.2) is 0 Å². The molecule has 1 aromatic carbocycles. The van der Waals surface area contributed by atoms with Crippen LogP contribution in [0.4, 0.5) is 0 Å². The third-order valence-electron chi connectivity index (χ3n) is 4.23. The molecule has 1 heterocycles. The Morgan fingerprint density at radius 3 is 2.41 bits per heavy atom. The van der Waals surface area contributed by atoms with Gasteiger partial charge in [-0.2, -0.15) is 5.10 Å². The first-order chi connectivity index (χ1) is 10.5. The van der Waals surface area contributed by atoms with E-state index in [1.807, 2.05) is 24.7 Å². The Labute approximate surface area is 133 Å². The molecule has 2 rings (SSSR count). The Kier molecular flexibility index (Phi) is 5.75. The van der Waals surface area contributed by atoms with E-state index in [1.165, 1.54) is 16.8 Å². The molecule has 4 nitrogen and oxygen atoms in total. The molecule has 22 heavy (non-hydrogen) atoms. The van der Waals surface area contributed by atoms with Crippen LogP contribution in [0.1, 0.15) is 35.9 Å². The van der Waals surface area contributed by atoms with Crippen LogP contribution in [0, 0.1) is 13.8 Å². The minimum absolute atomic E-state index is 0.291. The van der Waals surface area contributed by atoms with Gasteiger partial charge in [0.2, 0.25) is 0 Å². The van der Waals surface area contributed by atoms with Crippen LogP contribution in [0.2, 0.25) is 0 Å². The molecule has 120 valence electrons. The van der Waals surface area contributed by atoms with E-state index in [4.69, 9.17) is 0 Å². The third kappa shape index (κ3) is 4.18. The zero-order valence-corrected chi connectivity index (χ0v) is 14.1. The lowest BCUT2D eigenvalue weighted by Gasteiger charge is -2.25. The first-order valence-corrected chi connectivity index (χ1v) is 7.94.